The fourth-order valence-electron chi connectivity index (χ4n) is 5.38. The van der Waals surface area contributed by atoms with Crippen LogP contribution < -0.4 is 10.1 Å². The van der Waals surface area contributed by atoms with Gasteiger partial charge in [-0.25, -0.2) is 0 Å². The molecular formula is C30H45N3O. The number of piperidine rings is 1. The molecule has 186 valence electrons. The summed E-state index contributed by atoms with van der Waals surface area (Å²) in [6.07, 6.45) is 11.4. The van der Waals surface area contributed by atoms with Crippen LogP contribution in [0, 0.1) is 5.92 Å². The topological polar surface area (TPSA) is 37.4 Å². The number of aromatic nitrogens is 1. The molecule has 1 aromatic heterocycles. The van der Waals surface area contributed by atoms with Gasteiger partial charge in [0.25, 0.3) is 0 Å². The molecule has 0 spiro atoms. The normalized spacial score (nSPS) is 17.9. The van der Waals surface area contributed by atoms with Gasteiger partial charge in [-0.05, 0) is 92.8 Å². The van der Waals surface area contributed by atoms with E-state index >= 15 is 0 Å². The van der Waals surface area contributed by atoms with Gasteiger partial charge in [0, 0.05) is 43.5 Å². The van der Waals surface area contributed by atoms with Crippen molar-refractivity contribution < 1.29 is 4.74 Å². The predicted molar refractivity (Wildman–Crippen MR) is 144 cm³/mol. The summed E-state index contributed by atoms with van der Waals surface area (Å²) in [4.78, 5) is 7.03. The first kappa shape index (κ1) is 26.4. The second-order valence-electron chi connectivity index (χ2n) is 9.81. The number of aryl methyl sites for hydroxylation is 1. The third-order valence-electron chi connectivity index (χ3n) is 7.74. The van der Waals surface area contributed by atoms with Gasteiger partial charge in [0.2, 0.25) is 0 Å². The molecule has 34 heavy (non-hydrogen) atoms. The lowest BCUT2D eigenvalue weighted by atomic mass is 9.89. The maximum absolute atomic E-state index is 5.74. The van der Waals surface area contributed by atoms with E-state index < -0.39 is 0 Å². The molecule has 4 rings (SSSR count). The monoisotopic (exact) mass is 463 g/mol. The lowest BCUT2D eigenvalue weighted by Crippen LogP contribution is -2.39. The zero-order valence-corrected chi connectivity index (χ0v) is 21.7. The summed E-state index contributed by atoms with van der Waals surface area (Å²) in [5.41, 5.74) is 5.79. The quantitative estimate of drug-likeness (QED) is 0.418. The van der Waals surface area contributed by atoms with Crippen molar-refractivity contribution >= 4 is 0 Å². The van der Waals surface area contributed by atoms with E-state index in [1.807, 2.05) is 6.20 Å². The number of rotatable bonds is 10. The van der Waals surface area contributed by atoms with Crippen LogP contribution in [0.5, 0.6) is 5.75 Å². The van der Waals surface area contributed by atoms with Gasteiger partial charge in [-0.15, -0.1) is 13.2 Å². The Bertz CT molecular complexity index is 875. The van der Waals surface area contributed by atoms with E-state index in [9.17, 15) is 0 Å². The fraction of sp³-hybridized carbons (Fsp3) is 0.567. The summed E-state index contributed by atoms with van der Waals surface area (Å²) in [6, 6.07) is 9.14. The average Bonchev–Trinajstić information content (AvgIpc) is 3.38. The van der Waals surface area contributed by atoms with Crippen LogP contribution in [0.15, 0.2) is 49.8 Å². The SMILES string of the molecule is C=C.CCC(C)c1ccncc1C(C)NCCN1CCC(CCc2cccc3c2CCO3)CC1. The van der Waals surface area contributed by atoms with Gasteiger partial charge < -0.3 is 15.0 Å². The van der Waals surface area contributed by atoms with Gasteiger partial charge in [-0.1, -0.05) is 26.0 Å². The highest BCUT2D eigenvalue weighted by Gasteiger charge is 2.21. The number of fused-ring (bicyclic) bond motifs is 1. The largest absolute Gasteiger partial charge is 0.493 e. The lowest BCUT2D eigenvalue weighted by Gasteiger charge is -2.32. The summed E-state index contributed by atoms with van der Waals surface area (Å²) in [6.45, 7) is 18.4. The fourth-order valence-corrected chi connectivity index (χ4v) is 5.38. The van der Waals surface area contributed by atoms with E-state index in [0.717, 1.165) is 37.8 Å². The summed E-state index contributed by atoms with van der Waals surface area (Å²) < 4.78 is 5.74. The maximum atomic E-state index is 5.74. The first-order valence-electron chi connectivity index (χ1n) is 13.3. The number of hydrogen-bond acceptors (Lipinski definition) is 4. The van der Waals surface area contributed by atoms with Crippen LogP contribution in [-0.2, 0) is 12.8 Å². The molecule has 0 amide bonds. The first-order chi connectivity index (χ1) is 16.7. The number of pyridine rings is 1. The summed E-state index contributed by atoms with van der Waals surface area (Å²) >= 11 is 0. The summed E-state index contributed by atoms with van der Waals surface area (Å²) in [5.74, 6) is 2.58. The second-order valence-corrected chi connectivity index (χ2v) is 9.81. The van der Waals surface area contributed by atoms with E-state index in [4.69, 9.17) is 4.74 Å². The van der Waals surface area contributed by atoms with Crippen LogP contribution in [0.3, 0.4) is 0 Å². The average molecular weight is 464 g/mol. The van der Waals surface area contributed by atoms with Crippen molar-refractivity contribution in [1.29, 1.82) is 0 Å². The number of hydrogen-bond donors (Lipinski definition) is 1. The van der Waals surface area contributed by atoms with Gasteiger partial charge in [0.05, 0.1) is 6.61 Å². The molecular weight excluding hydrogens is 418 g/mol. The zero-order chi connectivity index (χ0) is 24.3. The van der Waals surface area contributed by atoms with Crippen LogP contribution in [0.1, 0.15) is 80.7 Å². The Kier molecular flexibility index (Phi) is 10.6. The molecule has 4 nitrogen and oxygen atoms in total. The van der Waals surface area contributed by atoms with Gasteiger partial charge in [-0.3, -0.25) is 4.98 Å². The predicted octanol–water partition coefficient (Wildman–Crippen LogP) is 6.33. The Balaban J connectivity index is 0.00000158. The van der Waals surface area contributed by atoms with Crippen LogP contribution in [0.2, 0.25) is 0 Å². The van der Waals surface area contributed by atoms with Crippen LogP contribution in [0.25, 0.3) is 0 Å². The van der Waals surface area contributed by atoms with Crippen LogP contribution >= 0.6 is 0 Å². The molecule has 3 heterocycles. The molecule has 1 saturated heterocycles. The van der Waals surface area contributed by atoms with Crippen LogP contribution in [0.4, 0.5) is 0 Å². The van der Waals surface area contributed by atoms with E-state index in [-0.39, 0.29) is 0 Å². The molecule has 1 fully saturated rings. The van der Waals surface area contributed by atoms with Crippen molar-refractivity contribution in [1.82, 2.24) is 15.2 Å². The van der Waals surface area contributed by atoms with Gasteiger partial charge in [-0.2, -0.15) is 0 Å². The molecule has 0 saturated carbocycles. The van der Waals surface area contributed by atoms with Gasteiger partial charge in [0.1, 0.15) is 5.75 Å². The van der Waals surface area contributed by atoms with Gasteiger partial charge in [0.15, 0.2) is 0 Å². The Hall–Kier alpha value is -2.17. The van der Waals surface area contributed by atoms with Gasteiger partial charge >= 0.3 is 0 Å². The highest BCUT2D eigenvalue weighted by Crippen LogP contribution is 2.31. The Morgan fingerprint density at radius 3 is 2.71 bits per heavy atom. The Morgan fingerprint density at radius 1 is 1.15 bits per heavy atom. The van der Waals surface area contributed by atoms with E-state index in [1.165, 1.54) is 67.4 Å². The molecule has 1 aromatic carbocycles. The van der Waals surface area contributed by atoms with Crippen LogP contribution in [-0.4, -0.2) is 42.7 Å². The molecule has 0 aliphatic carbocycles. The number of ether oxygens (including phenoxy) is 1. The van der Waals surface area contributed by atoms with Crippen molar-refractivity contribution in [2.45, 2.75) is 71.3 Å². The number of likely N-dealkylation sites (tertiary alicyclic amines) is 1. The van der Waals surface area contributed by atoms with E-state index in [0.29, 0.717) is 12.0 Å². The summed E-state index contributed by atoms with van der Waals surface area (Å²) in [7, 11) is 0. The Labute approximate surface area is 207 Å². The molecule has 0 bridgehead atoms. The van der Waals surface area contributed by atoms with Crippen molar-refractivity contribution in [2.24, 2.45) is 5.92 Å². The van der Waals surface area contributed by atoms with E-state index in [1.54, 1.807) is 0 Å². The third kappa shape index (κ3) is 6.93. The van der Waals surface area contributed by atoms with Crippen molar-refractivity contribution in [3.05, 3.63) is 72.1 Å². The molecule has 2 unspecified atom stereocenters. The highest BCUT2D eigenvalue weighted by molar-refractivity contribution is 5.42. The van der Waals surface area contributed by atoms with Crippen molar-refractivity contribution in [3.8, 4) is 5.75 Å². The standard InChI is InChI=1S/C28H41N3O.C2H4/c1-4-21(2)25-10-14-29-20-27(25)22(3)30-15-18-31-16-11-23(12-17-31)8-9-24-6-5-7-28-26(24)13-19-32-28;1-2/h5-7,10,14,20-23,30H,4,8-9,11-13,15-19H2,1-3H3;1-2H2. The molecule has 4 heteroatoms. The van der Waals surface area contributed by atoms with Crippen molar-refractivity contribution in [2.75, 3.05) is 32.8 Å². The lowest BCUT2D eigenvalue weighted by molar-refractivity contribution is 0.178. The molecule has 2 aliphatic rings. The molecule has 2 atom stereocenters. The zero-order valence-electron chi connectivity index (χ0n) is 21.7. The second kappa shape index (κ2) is 13.7. The first-order valence-corrected chi connectivity index (χ1v) is 13.3. The number of nitrogens with zero attached hydrogens (tertiary/aromatic N) is 2. The minimum absolute atomic E-state index is 0.349. The molecule has 2 aliphatic heterocycles. The highest BCUT2D eigenvalue weighted by atomic mass is 16.5. The molecule has 2 aromatic rings. The van der Waals surface area contributed by atoms with Crippen molar-refractivity contribution in [3.63, 3.8) is 0 Å². The summed E-state index contributed by atoms with van der Waals surface area (Å²) in [5, 5.41) is 3.75. The molecule has 0 radical (unpaired) electrons. The smallest absolute Gasteiger partial charge is 0.122 e. The number of nitrogens with one attached hydrogen (secondary N) is 1. The number of benzene rings is 1. The maximum Gasteiger partial charge on any atom is 0.122 e. The van der Waals surface area contributed by atoms with E-state index in [2.05, 4.69) is 79.6 Å². The molecule has 1 N–H and O–H groups in total. The third-order valence-corrected chi connectivity index (χ3v) is 7.74. The minimum atomic E-state index is 0.349. The minimum Gasteiger partial charge on any atom is -0.493 e. The Morgan fingerprint density at radius 2 is 1.94 bits per heavy atom.